The Morgan fingerprint density at radius 1 is 0.933 bits per heavy atom. The Hall–Kier alpha value is -3.48. The number of halogens is 1. The van der Waals surface area contributed by atoms with E-state index in [1.807, 2.05) is 30.3 Å². The number of fused-ring (bicyclic) bond motifs is 2. The van der Waals surface area contributed by atoms with Crippen LogP contribution in [0.15, 0.2) is 83.8 Å². The Labute approximate surface area is 180 Å². The summed E-state index contributed by atoms with van der Waals surface area (Å²) in [6, 6.07) is 21.7. The highest BCUT2D eigenvalue weighted by molar-refractivity contribution is 7.22. The molecule has 5 nitrogen and oxygen atoms in total. The fourth-order valence-corrected chi connectivity index (χ4v) is 4.34. The lowest BCUT2D eigenvalue weighted by atomic mass is 10.1. The number of carbonyl (C=O) groups is 1. The molecule has 0 saturated carbocycles. The maximum Gasteiger partial charge on any atom is 0.262 e. The predicted octanol–water partition coefficient (Wildman–Crippen LogP) is 5.51. The summed E-state index contributed by atoms with van der Waals surface area (Å²) in [5.41, 5.74) is 1.64. The lowest BCUT2D eigenvalue weighted by Gasteiger charge is -2.12. The zero-order chi connectivity index (χ0) is 20.7. The number of pyridine rings is 1. The van der Waals surface area contributed by atoms with Crippen molar-refractivity contribution in [2.75, 3.05) is 5.32 Å². The summed E-state index contributed by atoms with van der Waals surface area (Å²) in [5.74, 6) is -0.326. The summed E-state index contributed by atoms with van der Waals surface area (Å²) < 4.78 is 2.45. The van der Waals surface area contributed by atoms with Gasteiger partial charge in [-0.3, -0.25) is 19.5 Å². The third-order valence-corrected chi connectivity index (χ3v) is 5.99. The van der Waals surface area contributed by atoms with Crippen LogP contribution in [-0.2, 0) is 0 Å². The third-order valence-electron chi connectivity index (χ3n) is 4.79. The molecule has 1 N–H and O–H groups in total. The van der Waals surface area contributed by atoms with Crippen LogP contribution in [0.2, 0.25) is 5.02 Å². The van der Waals surface area contributed by atoms with Crippen LogP contribution in [0.5, 0.6) is 0 Å². The molecule has 5 aromatic rings. The topological polar surface area (TPSA) is 64.0 Å². The molecule has 0 fully saturated rings. The molecule has 0 unspecified atom stereocenters. The number of thiazole rings is 1. The minimum absolute atomic E-state index is 0.204. The molecule has 0 spiro atoms. The van der Waals surface area contributed by atoms with Crippen molar-refractivity contribution in [2.24, 2.45) is 0 Å². The average Bonchev–Trinajstić information content (AvgIpc) is 3.17. The van der Waals surface area contributed by atoms with E-state index in [0.717, 1.165) is 10.2 Å². The van der Waals surface area contributed by atoms with E-state index in [9.17, 15) is 9.59 Å². The largest absolute Gasteiger partial charge is 0.298 e. The average molecular weight is 432 g/mol. The number of aromatic nitrogens is 2. The zero-order valence-corrected chi connectivity index (χ0v) is 17.1. The molecule has 2 heterocycles. The SMILES string of the molecule is O=C(Nc1nc2ccccc2s1)c1cn(-c2ccc(Cl)cc2)c(=O)c2ccccc12. The number of carbonyl (C=O) groups excluding carboxylic acids is 1. The Morgan fingerprint density at radius 2 is 1.63 bits per heavy atom. The standard InChI is InChI=1S/C23H14ClN3O2S/c24-14-9-11-15(12-10-14)27-13-18(16-5-1-2-6-17(16)22(27)29)21(28)26-23-25-19-7-3-4-8-20(19)30-23/h1-13H,(H,25,26,28). The van der Waals surface area contributed by atoms with Gasteiger partial charge in [0.1, 0.15) is 0 Å². The molecule has 0 aliphatic rings. The van der Waals surface area contributed by atoms with Gasteiger partial charge in [0, 0.05) is 27.7 Å². The van der Waals surface area contributed by atoms with Gasteiger partial charge in [-0.1, -0.05) is 53.3 Å². The van der Waals surface area contributed by atoms with E-state index < -0.39 is 0 Å². The van der Waals surface area contributed by atoms with E-state index in [1.54, 1.807) is 48.7 Å². The summed E-state index contributed by atoms with van der Waals surface area (Å²) in [6.07, 6.45) is 1.57. The highest BCUT2D eigenvalue weighted by Gasteiger charge is 2.17. The fraction of sp³-hybridized carbons (Fsp3) is 0. The van der Waals surface area contributed by atoms with Crippen LogP contribution in [-0.4, -0.2) is 15.5 Å². The van der Waals surface area contributed by atoms with Crippen molar-refractivity contribution >= 4 is 55.0 Å². The lowest BCUT2D eigenvalue weighted by Crippen LogP contribution is -2.22. The summed E-state index contributed by atoms with van der Waals surface area (Å²) in [5, 5.41) is 5.01. The summed E-state index contributed by atoms with van der Waals surface area (Å²) in [4.78, 5) is 30.7. The van der Waals surface area contributed by atoms with Crippen LogP contribution in [0, 0.1) is 0 Å². The molecule has 0 bridgehead atoms. The predicted molar refractivity (Wildman–Crippen MR) is 122 cm³/mol. The van der Waals surface area contributed by atoms with Gasteiger partial charge in [0.15, 0.2) is 5.13 Å². The first-order valence-electron chi connectivity index (χ1n) is 9.17. The van der Waals surface area contributed by atoms with E-state index >= 15 is 0 Å². The van der Waals surface area contributed by atoms with Crippen LogP contribution in [0.1, 0.15) is 10.4 Å². The van der Waals surface area contributed by atoms with Crippen LogP contribution in [0.25, 0.3) is 26.7 Å². The van der Waals surface area contributed by atoms with E-state index in [0.29, 0.717) is 32.2 Å². The number of rotatable bonds is 3. The smallest absolute Gasteiger partial charge is 0.262 e. The van der Waals surface area contributed by atoms with Crippen molar-refractivity contribution in [1.82, 2.24) is 9.55 Å². The molecule has 7 heteroatoms. The quantitative estimate of drug-likeness (QED) is 0.410. The number of hydrogen-bond donors (Lipinski definition) is 1. The number of nitrogens with one attached hydrogen (secondary N) is 1. The Kier molecular flexibility index (Phi) is 4.58. The van der Waals surface area contributed by atoms with Gasteiger partial charge in [-0.05, 0) is 42.5 Å². The first-order chi connectivity index (χ1) is 14.6. The van der Waals surface area contributed by atoms with Crippen molar-refractivity contribution in [1.29, 1.82) is 0 Å². The van der Waals surface area contributed by atoms with Gasteiger partial charge in [0.2, 0.25) is 0 Å². The van der Waals surface area contributed by atoms with Crippen molar-refractivity contribution in [3.63, 3.8) is 0 Å². The van der Waals surface area contributed by atoms with Crippen LogP contribution < -0.4 is 10.9 Å². The van der Waals surface area contributed by atoms with Crippen molar-refractivity contribution in [3.05, 3.63) is 99.9 Å². The molecule has 3 aromatic carbocycles. The number of benzene rings is 3. The van der Waals surface area contributed by atoms with Crippen LogP contribution >= 0.6 is 22.9 Å². The highest BCUT2D eigenvalue weighted by Crippen LogP contribution is 2.27. The molecular formula is C23H14ClN3O2S. The Bertz CT molecular complexity index is 1440. The molecule has 0 aliphatic heterocycles. The molecule has 1 amide bonds. The fourth-order valence-electron chi connectivity index (χ4n) is 3.36. The molecule has 30 heavy (non-hydrogen) atoms. The summed E-state index contributed by atoms with van der Waals surface area (Å²) in [6.45, 7) is 0. The molecular weight excluding hydrogens is 418 g/mol. The van der Waals surface area contributed by atoms with Gasteiger partial charge in [0.05, 0.1) is 15.8 Å². The van der Waals surface area contributed by atoms with Crippen molar-refractivity contribution in [3.8, 4) is 5.69 Å². The van der Waals surface area contributed by atoms with E-state index in [4.69, 9.17) is 11.6 Å². The maximum atomic E-state index is 13.2. The molecule has 2 aromatic heterocycles. The van der Waals surface area contributed by atoms with Crippen LogP contribution in [0.4, 0.5) is 5.13 Å². The second-order valence-electron chi connectivity index (χ2n) is 6.68. The number of para-hydroxylation sites is 1. The monoisotopic (exact) mass is 431 g/mol. The highest BCUT2D eigenvalue weighted by atomic mass is 35.5. The van der Waals surface area contributed by atoms with Crippen LogP contribution in [0.3, 0.4) is 0 Å². The molecule has 0 aliphatic carbocycles. The summed E-state index contributed by atoms with van der Waals surface area (Å²) in [7, 11) is 0. The van der Waals surface area contributed by atoms with Gasteiger partial charge >= 0.3 is 0 Å². The van der Waals surface area contributed by atoms with Crippen molar-refractivity contribution < 1.29 is 4.79 Å². The van der Waals surface area contributed by atoms with E-state index in [1.165, 1.54) is 15.9 Å². The van der Waals surface area contributed by atoms with E-state index in [-0.39, 0.29) is 11.5 Å². The zero-order valence-electron chi connectivity index (χ0n) is 15.5. The Balaban J connectivity index is 1.63. The molecule has 146 valence electrons. The second kappa shape index (κ2) is 7.40. The number of hydrogen-bond acceptors (Lipinski definition) is 4. The van der Waals surface area contributed by atoms with Crippen molar-refractivity contribution in [2.45, 2.75) is 0 Å². The first-order valence-corrected chi connectivity index (χ1v) is 10.4. The minimum atomic E-state index is -0.326. The number of nitrogens with zero attached hydrogens (tertiary/aromatic N) is 2. The van der Waals surface area contributed by atoms with E-state index in [2.05, 4.69) is 10.3 Å². The Morgan fingerprint density at radius 3 is 2.40 bits per heavy atom. The molecule has 0 saturated heterocycles. The minimum Gasteiger partial charge on any atom is -0.298 e. The molecule has 0 atom stereocenters. The van der Waals surface area contributed by atoms with Gasteiger partial charge in [-0.2, -0.15) is 0 Å². The van der Waals surface area contributed by atoms with Gasteiger partial charge in [0.25, 0.3) is 11.5 Å². The summed E-state index contributed by atoms with van der Waals surface area (Å²) >= 11 is 7.39. The molecule has 5 rings (SSSR count). The third kappa shape index (κ3) is 3.26. The normalized spacial score (nSPS) is 11.1. The number of anilines is 1. The first kappa shape index (κ1) is 18.5. The molecule has 0 radical (unpaired) electrons. The van der Waals surface area contributed by atoms with Gasteiger partial charge < -0.3 is 0 Å². The maximum absolute atomic E-state index is 13.2. The lowest BCUT2D eigenvalue weighted by molar-refractivity contribution is 0.102. The van der Waals surface area contributed by atoms with Gasteiger partial charge in [-0.25, -0.2) is 4.98 Å². The van der Waals surface area contributed by atoms with Gasteiger partial charge in [-0.15, -0.1) is 0 Å². The second-order valence-corrected chi connectivity index (χ2v) is 8.15. The number of amides is 1.